The molecule has 1 aliphatic heterocycles. The average Bonchev–Trinajstić information content (AvgIpc) is 2.71. The highest BCUT2D eigenvalue weighted by Gasteiger charge is 2.50. The van der Waals surface area contributed by atoms with E-state index in [0.717, 1.165) is 29.2 Å². The van der Waals surface area contributed by atoms with E-state index in [4.69, 9.17) is 0 Å². The molecule has 0 aromatic heterocycles. The minimum atomic E-state index is 0.418. The topological polar surface area (TPSA) is 24.4 Å². The summed E-state index contributed by atoms with van der Waals surface area (Å²) < 4.78 is 0. The summed E-state index contributed by atoms with van der Waals surface area (Å²) in [6.07, 6.45) is 15.1. The van der Waals surface area contributed by atoms with Crippen LogP contribution >= 0.6 is 0 Å². The molecule has 5 rings (SSSR count). The summed E-state index contributed by atoms with van der Waals surface area (Å²) in [5.74, 6) is 3.02. The van der Waals surface area contributed by atoms with Crippen molar-refractivity contribution in [3.8, 4) is 0 Å². The first-order chi connectivity index (χ1) is 8.71. The normalized spacial score (nSPS) is 46.8. The molecule has 0 atom stereocenters. The molecule has 4 fully saturated rings. The minimum absolute atomic E-state index is 0.418. The number of allylic oxidation sites excluding steroid dienone is 2. The van der Waals surface area contributed by atoms with E-state index in [9.17, 15) is 0 Å². The zero-order valence-corrected chi connectivity index (χ0v) is 11.2. The number of rotatable bonds is 2. The summed E-state index contributed by atoms with van der Waals surface area (Å²) in [7, 11) is 0. The van der Waals surface area contributed by atoms with Crippen LogP contribution in [0.15, 0.2) is 29.0 Å². The van der Waals surface area contributed by atoms with Gasteiger partial charge in [0.1, 0.15) is 0 Å². The number of nitrogens with zero attached hydrogens (tertiary/aromatic N) is 1. The van der Waals surface area contributed by atoms with E-state index in [0.29, 0.717) is 5.54 Å². The Morgan fingerprint density at radius 3 is 2.22 bits per heavy atom. The first-order valence-corrected chi connectivity index (χ1v) is 7.42. The van der Waals surface area contributed by atoms with Crippen molar-refractivity contribution in [2.75, 3.05) is 0 Å². The van der Waals surface area contributed by atoms with Gasteiger partial charge in [-0.05, 0) is 75.4 Å². The van der Waals surface area contributed by atoms with Gasteiger partial charge < -0.3 is 5.32 Å². The molecule has 2 heteroatoms. The van der Waals surface area contributed by atoms with Crippen LogP contribution in [0.3, 0.4) is 0 Å². The Labute approximate surface area is 109 Å². The van der Waals surface area contributed by atoms with Crippen LogP contribution in [0.4, 0.5) is 0 Å². The first-order valence-electron chi connectivity index (χ1n) is 7.42. The lowest BCUT2D eigenvalue weighted by atomic mass is 9.53. The molecule has 0 unspecified atom stereocenters. The quantitative estimate of drug-likeness (QED) is 0.788. The lowest BCUT2D eigenvalue weighted by Crippen LogP contribution is -2.56. The van der Waals surface area contributed by atoms with Crippen LogP contribution in [0.5, 0.6) is 0 Å². The predicted molar refractivity (Wildman–Crippen MR) is 74.4 cm³/mol. The number of aliphatic imine (C=N–C) groups is 1. The molecule has 4 saturated carbocycles. The molecule has 0 aromatic rings. The molecule has 0 spiro atoms. The highest BCUT2D eigenvalue weighted by molar-refractivity contribution is 5.96. The van der Waals surface area contributed by atoms with E-state index in [1.54, 1.807) is 0 Å². The van der Waals surface area contributed by atoms with Gasteiger partial charge in [-0.3, -0.25) is 4.99 Å². The number of nitrogens with one attached hydrogen (secondary N) is 1. The highest BCUT2D eigenvalue weighted by Crippen LogP contribution is 2.55. The third kappa shape index (κ3) is 1.73. The van der Waals surface area contributed by atoms with Gasteiger partial charge in [0.2, 0.25) is 0 Å². The Balaban J connectivity index is 1.53. The molecule has 5 aliphatic rings. The molecule has 18 heavy (non-hydrogen) atoms. The number of hydrogen-bond acceptors (Lipinski definition) is 2. The standard InChI is InChI=1S/C16H22N2/c1-11-2-3-15(18-11)10-17-16-7-12-4-13(8-16)6-14(5-12)9-16/h2-3,10,12-14,17H,4-9H2,1H3/b15-10+. The van der Waals surface area contributed by atoms with E-state index in [1.165, 1.54) is 38.5 Å². The SMILES string of the molecule is CC1=N/C(=C/NC23CC4CC(CC(C4)C2)C3)C=C1. The van der Waals surface area contributed by atoms with Gasteiger partial charge in [-0.15, -0.1) is 0 Å². The molecule has 1 N–H and O–H groups in total. The summed E-state index contributed by atoms with van der Waals surface area (Å²) in [6, 6.07) is 0. The maximum atomic E-state index is 4.51. The van der Waals surface area contributed by atoms with E-state index < -0.39 is 0 Å². The van der Waals surface area contributed by atoms with E-state index in [2.05, 4.69) is 35.6 Å². The molecule has 1 heterocycles. The zero-order valence-electron chi connectivity index (χ0n) is 11.2. The molecule has 4 aliphatic carbocycles. The molecule has 4 bridgehead atoms. The summed E-state index contributed by atoms with van der Waals surface area (Å²) in [4.78, 5) is 4.51. The third-order valence-electron chi connectivity index (χ3n) is 5.37. The van der Waals surface area contributed by atoms with E-state index >= 15 is 0 Å². The van der Waals surface area contributed by atoms with Crippen molar-refractivity contribution in [3.05, 3.63) is 24.0 Å². The van der Waals surface area contributed by atoms with Gasteiger partial charge in [0.25, 0.3) is 0 Å². The van der Waals surface area contributed by atoms with Crippen molar-refractivity contribution in [2.24, 2.45) is 22.7 Å². The first kappa shape index (κ1) is 10.8. The lowest BCUT2D eigenvalue weighted by molar-refractivity contribution is -0.0130. The van der Waals surface area contributed by atoms with Crippen LogP contribution < -0.4 is 5.32 Å². The third-order valence-corrected chi connectivity index (χ3v) is 5.37. The van der Waals surface area contributed by atoms with Crippen LogP contribution in [0.25, 0.3) is 0 Å². The molecule has 96 valence electrons. The van der Waals surface area contributed by atoms with Crippen LogP contribution in [0.1, 0.15) is 45.4 Å². The molecular weight excluding hydrogens is 220 g/mol. The summed E-state index contributed by atoms with van der Waals surface area (Å²) in [5, 5.41) is 3.77. The van der Waals surface area contributed by atoms with Crippen molar-refractivity contribution in [1.29, 1.82) is 0 Å². The maximum Gasteiger partial charge on any atom is 0.0790 e. The van der Waals surface area contributed by atoms with Crippen LogP contribution in [0.2, 0.25) is 0 Å². The van der Waals surface area contributed by atoms with Gasteiger partial charge in [0.05, 0.1) is 5.70 Å². The van der Waals surface area contributed by atoms with Crippen molar-refractivity contribution in [3.63, 3.8) is 0 Å². The van der Waals surface area contributed by atoms with Crippen molar-refractivity contribution in [2.45, 2.75) is 51.0 Å². The predicted octanol–water partition coefficient (Wildman–Crippen LogP) is 3.42. The summed E-state index contributed by atoms with van der Waals surface area (Å²) >= 11 is 0. The zero-order chi connectivity index (χ0) is 12.2. The maximum absolute atomic E-state index is 4.51. The second kappa shape index (κ2) is 3.72. The Morgan fingerprint density at radius 2 is 1.72 bits per heavy atom. The van der Waals surface area contributed by atoms with Gasteiger partial charge in [-0.2, -0.15) is 0 Å². The van der Waals surface area contributed by atoms with Crippen molar-refractivity contribution < 1.29 is 0 Å². The smallest absolute Gasteiger partial charge is 0.0790 e. The fourth-order valence-corrected chi connectivity index (χ4v) is 5.08. The Kier molecular flexibility index (Phi) is 2.24. The number of hydrogen-bond donors (Lipinski definition) is 1. The van der Waals surface area contributed by atoms with Gasteiger partial charge in [0.15, 0.2) is 0 Å². The fourth-order valence-electron chi connectivity index (χ4n) is 5.08. The average molecular weight is 242 g/mol. The minimum Gasteiger partial charge on any atom is -0.384 e. The second-order valence-electron chi connectivity index (χ2n) is 7.00. The van der Waals surface area contributed by atoms with Crippen LogP contribution in [-0.4, -0.2) is 11.3 Å². The summed E-state index contributed by atoms with van der Waals surface area (Å²) in [5.41, 5.74) is 2.64. The van der Waals surface area contributed by atoms with Gasteiger partial charge in [-0.25, -0.2) is 0 Å². The van der Waals surface area contributed by atoms with Crippen LogP contribution in [-0.2, 0) is 0 Å². The molecule has 0 aromatic carbocycles. The Bertz CT molecular complexity index is 420. The largest absolute Gasteiger partial charge is 0.384 e. The molecule has 0 saturated heterocycles. The molecule has 0 amide bonds. The van der Waals surface area contributed by atoms with E-state index in [-0.39, 0.29) is 0 Å². The fraction of sp³-hybridized carbons (Fsp3) is 0.688. The van der Waals surface area contributed by atoms with Crippen molar-refractivity contribution >= 4 is 5.71 Å². The van der Waals surface area contributed by atoms with Gasteiger partial charge in [-0.1, -0.05) is 0 Å². The second-order valence-corrected chi connectivity index (χ2v) is 7.00. The van der Waals surface area contributed by atoms with Crippen molar-refractivity contribution in [1.82, 2.24) is 5.32 Å². The van der Waals surface area contributed by atoms with Gasteiger partial charge in [0, 0.05) is 17.5 Å². The van der Waals surface area contributed by atoms with E-state index in [1.807, 2.05) is 0 Å². The molecular formula is C16H22N2. The lowest BCUT2D eigenvalue weighted by Gasteiger charge is -2.56. The van der Waals surface area contributed by atoms with Crippen LogP contribution in [0, 0.1) is 17.8 Å². The Hall–Kier alpha value is -1.05. The molecule has 0 radical (unpaired) electrons. The van der Waals surface area contributed by atoms with Gasteiger partial charge >= 0.3 is 0 Å². The highest BCUT2D eigenvalue weighted by atomic mass is 15.0. The summed E-state index contributed by atoms with van der Waals surface area (Å²) in [6.45, 7) is 2.06. The molecule has 2 nitrogen and oxygen atoms in total. The Morgan fingerprint density at radius 1 is 1.11 bits per heavy atom. The monoisotopic (exact) mass is 242 g/mol.